The second kappa shape index (κ2) is 8.45. The molecule has 4 rings (SSSR count). The predicted octanol–water partition coefficient (Wildman–Crippen LogP) is 2.46. The van der Waals surface area contributed by atoms with Crippen LogP contribution in [-0.2, 0) is 11.0 Å². The lowest BCUT2D eigenvalue weighted by molar-refractivity contribution is -0.138. The summed E-state index contributed by atoms with van der Waals surface area (Å²) in [6, 6.07) is 4.20. The van der Waals surface area contributed by atoms with Gasteiger partial charge in [0.05, 0.1) is 11.5 Å². The zero-order valence-electron chi connectivity index (χ0n) is 16.4. The maximum atomic E-state index is 13.0. The summed E-state index contributed by atoms with van der Waals surface area (Å²) in [5.41, 5.74) is -0.760. The fourth-order valence-corrected chi connectivity index (χ4v) is 3.97. The van der Waals surface area contributed by atoms with Gasteiger partial charge in [-0.15, -0.1) is 0 Å². The summed E-state index contributed by atoms with van der Waals surface area (Å²) in [6.07, 6.45) is 1.60. The number of piperidine rings is 1. The lowest BCUT2D eigenvalue weighted by Crippen LogP contribution is -2.53. The molecule has 2 aliphatic heterocycles. The largest absolute Gasteiger partial charge is 0.417 e. The van der Waals surface area contributed by atoms with Crippen molar-refractivity contribution in [2.45, 2.75) is 19.0 Å². The van der Waals surface area contributed by atoms with Gasteiger partial charge in [-0.2, -0.15) is 13.2 Å². The van der Waals surface area contributed by atoms with Crippen LogP contribution >= 0.6 is 0 Å². The second-order valence-electron chi connectivity index (χ2n) is 7.55. The van der Waals surface area contributed by atoms with Crippen molar-refractivity contribution in [3.63, 3.8) is 0 Å². The lowest BCUT2D eigenvalue weighted by atomic mass is 9.96. The van der Waals surface area contributed by atoms with E-state index in [1.807, 2.05) is 9.80 Å². The topological polar surface area (TPSA) is 65.5 Å². The van der Waals surface area contributed by atoms with Crippen molar-refractivity contribution in [2.24, 2.45) is 5.92 Å². The normalized spacial score (nSPS) is 20.4. The number of aromatic nitrogens is 3. The summed E-state index contributed by atoms with van der Waals surface area (Å²) in [7, 11) is 0. The van der Waals surface area contributed by atoms with E-state index in [9.17, 15) is 18.0 Å². The standard InChI is InChI=1S/C20H23F3N6O/c21-20(22,23)16-4-5-17(26-13-16)27-9-11-28(12-10-27)18(30)15-3-1-8-29(14-15)19-24-6-2-7-25-19/h2,4-7,13,15H,1,3,8-12,14H2. The molecule has 1 unspecified atom stereocenters. The Balaban J connectivity index is 1.33. The number of nitrogens with zero attached hydrogens (tertiary/aromatic N) is 6. The highest BCUT2D eigenvalue weighted by atomic mass is 19.4. The third-order valence-electron chi connectivity index (χ3n) is 5.60. The maximum absolute atomic E-state index is 13.0. The Hall–Kier alpha value is -2.91. The number of amides is 1. The molecule has 160 valence electrons. The summed E-state index contributed by atoms with van der Waals surface area (Å²) in [5.74, 6) is 1.17. The number of piperazine rings is 1. The van der Waals surface area contributed by atoms with E-state index in [-0.39, 0.29) is 11.8 Å². The van der Waals surface area contributed by atoms with E-state index < -0.39 is 11.7 Å². The van der Waals surface area contributed by atoms with E-state index in [0.717, 1.165) is 31.6 Å². The van der Waals surface area contributed by atoms with Gasteiger partial charge in [-0.3, -0.25) is 4.79 Å². The Bertz CT molecular complexity index is 853. The van der Waals surface area contributed by atoms with Gasteiger partial charge in [-0.1, -0.05) is 0 Å². The molecule has 0 radical (unpaired) electrons. The van der Waals surface area contributed by atoms with Crippen molar-refractivity contribution in [3.8, 4) is 0 Å². The predicted molar refractivity (Wildman–Crippen MR) is 105 cm³/mol. The van der Waals surface area contributed by atoms with Crippen LogP contribution in [0.25, 0.3) is 0 Å². The highest BCUT2D eigenvalue weighted by Crippen LogP contribution is 2.29. The van der Waals surface area contributed by atoms with Gasteiger partial charge in [-0.25, -0.2) is 15.0 Å². The molecule has 0 aromatic carbocycles. The van der Waals surface area contributed by atoms with Crippen molar-refractivity contribution in [2.75, 3.05) is 49.1 Å². The molecule has 0 spiro atoms. The highest BCUT2D eigenvalue weighted by molar-refractivity contribution is 5.80. The first-order valence-corrected chi connectivity index (χ1v) is 10.0. The van der Waals surface area contributed by atoms with Crippen LogP contribution in [0.15, 0.2) is 36.8 Å². The van der Waals surface area contributed by atoms with Crippen LogP contribution < -0.4 is 9.80 Å². The number of anilines is 2. The van der Waals surface area contributed by atoms with E-state index in [4.69, 9.17) is 0 Å². The summed E-state index contributed by atoms with van der Waals surface area (Å²) in [6.45, 7) is 3.58. The zero-order chi connectivity index (χ0) is 21.1. The lowest BCUT2D eigenvalue weighted by Gasteiger charge is -2.39. The highest BCUT2D eigenvalue weighted by Gasteiger charge is 2.33. The molecule has 0 bridgehead atoms. The van der Waals surface area contributed by atoms with Crippen molar-refractivity contribution in [1.82, 2.24) is 19.9 Å². The first-order chi connectivity index (χ1) is 14.4. The van der Waals surface area contributed by atoms with E-state index in [1.54, 1.807) is 18.5 Å². The third-order valence-corrected chi connectivity index (χ3v) is 5.60. The Morgan fingerprint density at radius 3 is 2.33 bits per heavy atom. The van der Waals surface area contributed by atoms with Crippen molar-refractivity contribution < 1.29 is 18.0 Å². The van der Waals surface area contributed by atoms with Gasteiger partial charge in [0.15, 0.2) is 0 Å². The Morgan fingerprint density at radius 2 is 1.70 bits per heavy atom. The number of carbonyl (C=O) groups excluding carboxylic acids is 1. The molecular formula is C20H23F3N6O. The van der Waals surface area contributed by atoms with Crippen LogP contribution in [0.2, 0.25) is 0 Å². The van der Waals surface area contributed by atoms with Crippen LogP contribution in [-0.4, -0.2) is 65.0 Å². The molecule has 10 heteroatoms. The van der Waals surface area contributed by atoms with Gasteiger partial charge in [0.1, 0.15) is 5.82 Å². The van der Waals surface area contributed by atoms with Gasteiger partial charge in [0.25, 0.3) is 0 Å². The number of halogens is 3. The minimum atomic E-state index is -4.39. The van der Waals surface area contributed by atoms with E-state index in [2.05, 4.69) is 19.9 Å². The van der Waals surface area contributed by atoms with Crippen LogP contribution in [0, 0.1) is 5.92 Å². The monoisotopic (exact) mass is 420 g/mol. The number of hydrogen-bond donors (Lipinski definition) is 0. The fourth-order valence-electron chi connectivity index (χ4n) is 3.97. The zero-order valence-corrected chi connectivity index (χ0v) is 16.4. The molecule has 0 saturated carbocycles. The van der Waals surface area contributed by atoms with Gasteiger partial charge in [-0.05, 0) is 31.0 Å². The first kappa shape index (κ1) is 20.4. The molecule has 30 heavy (non-hydrogen) atoms. The van der Waals surface area contributed by atoms with Gasteiger partial charge < -0.3 is 14.7 Å². The van der Waals surface area contributed by atoms with Gasteiger partial charge in [0.2, 0.25) is 11.9 Å². The molecule has 7 nitrogen and oxygen atoms in total. The van der Waals surface area contributed by atoms with Gasteiger partial charge in [0, 0.05) is 57.9 Å². The summed E-state index contributed by atoms with van der Waals surface area (Å²) >= 11 is 0. The molecule has 0 N–H and O–H groups in total. The molecular weight excluding hydrogens is 397 g/mol. The molecule has 1 amide bonds. The Morgan fingerprint density at radius 1 is 0.967 bits per heavy atom. The number of alkyl halides is 3. The van der Waals surface area contributed by atoms with E-state index in [1.165, 1.54) is 6.07 Å². The molecule has 0 aliphatic carbocycles. The molecule has 4 heterocycles. The minimum Gasteiger partial charge on any atom is -0.353 e. The van der Waals surface area contributed by atoms with Gasteiger partial charge >= 0.3 is 6.18 Å². The molecule has 2 aliphatic rings. The Labute approximate surface area is 172 Å². The smallest absolute Gasteiger partial charge is 0.353 e. The van der Waals surface area contributed by atoms with Crippen molar-refractivity contribution >= 4 is 17.7 Å². The van der Waals surface area contributed by atoms with E-state index >= 15 is 0 Å². The number of pyridine rings is 1. The summed E-state index contributed by atoms with van der Waals surface area (Å²) in [5, 5.41) is 0. The minimum absolute atomic E-state index is 0.0988. The number of carbonyl (C=O) groups is 1. The molecule has 2 aromatic rings. The number of hydrogen-bond acceptors (Lipinski definition) is 6. The molecule has 1 atom stereocenters. The van der Waals surface area contributed by atoms with Crippen LogP contribution in [0.4, 0.5) is 24.9 Å². The van der Waals surface area contributed by atoms with Crippen LogP contribution in [0.5, 0.6) is 0 Å². The van der Waals surface area contributed by atoms with Crippen LogP contribution in [0.1, 0.15) is 18.4 Å². The SMILES string of the molecule is O=C(C1CCCN(c2ncccn2)C1)N1CCN(c2ccc(C(F)(F)F)cn2)CC1. The summed E-state index contributed by atoms with van der Waals surface area (Å²) < 4.78 is 38.1. The number of rotatable bonds is 3. The molecule has 2 saturated heterocycles. The fraction of sp³-hybridized carbons (Fsp3) is 0.500. The quantitative estimate of drug-likeness (QED) is 0.760. The average molecular weight is 420 g/mol. The maximum Gasteiger partial charge on any atom is 0.417 e. The molecule has 2 fully saturated rings. The third kappa shape index (κ3) is 4.47. The first-order valence-electron chi connectivity index (χ1n) is 10.0. The second-order valence-corrected chi connectivity index (χ2v) is 7.55. The molecule has 2 aromatic heterocycles. The van der Waals surface area contributed by atoms with Crippen molar-refractivity contribution in [3.05, 3.63) is 42.4 Å². The average Bonchev–Trinajstić information content (AvgIpc) is 2.79. The van der Waals surface area contributed by atoms with Crippen LogP contribution in [0.3, 0.4) is 0 Å². The summed E-state index contributed by atoms with van der Waals surface area (Å²) in [4.78, 5) is 31.3. The van der Waals surface area contributed by atoms with E-state index in [0.29, 0.717) is 44.5 Å². The Kier molecular flexibility index (Phi) is 5.74. The van der Waals surface area contributed by atoms with Crippen molar-refractivity contribution in [1.29, 1.82) is 0 Å².